The van der Waals surface area contributed by atoms with Gasteiger partial charge in [0.15, 0.2) is 0 Å². The quantitative estimate of drug-likeness (QED) is 0.772. The van der Waals surface area contributed by atoms with E-state index in [0.717, 1.165) is 16.8 Å². The van der Waals surface area contributed by atoms with Crippen molar-refractivity contribution in [3.05, 3.63) is 29.3 Å². The van der Waals surface area contributed by atoms with Crippen molar-refractivity contribution in [3.63, 3.8) is 0 Å². The molecule has 86 valence electrons. The molecule has 1 aliphatic rings. The Bertz CT molecular complexity index is 404. The van der Waals surface area contributed by atoms with Crippen molar-refractivity contribution < 1.29 is 9.90 Å². The summed E-state index contributed by atoms with van der Waals surface area (Å²) < 4.78 is 0. The Morgan fingerprint density at radius 2 is 2.25 bits per heavy atom. The summed E-state index contributed by atoms with van der Waals surface area (Å²) in [7, 11) is 0. The van der Waals surface area contributed by atoms with Gasteiger partial charge < -0.3 is 15.7 Å². The molecular formula is C12H16N2O2. The van der Waals surface area contributed by atoms with Crippen LogP contribution in [0.1, 0.15) is 17.5 Å². The fourth-order valence-corrected chi connectivity index (χ4v) is 2.04. The van der Waals surface area contributed by atoms with Crippen molar-refractivity contribution in [2.24, 2.45) is 5.73 Å². The van der Waals surface area contributed by atoms with Crippen molar-refractivity contribution in [2.75, 3.05) is 18.1 Å². The van der Waals surface area contributed by atoms with Crippen molar-refractivity contribution >= 4 is 11.6 Å². The van der Waals surface area contributed by atoms with Gasteiger partial charge in [0.1, 0.15) is 0 Å². The lowest BCUT2D eigenvalue weighted by Gasteiger charge is -2.16. The van der Waals surface area contributed by atoms with Gasteiger partial charge in [-0.25, -0.2) is 0 Å². The Labute approximate surface area is 94.7 Å². The third-order valence-corrected chi connectivity index (χ3v) is 2.85. The number of nitrogens with zero attached hydrogens (tertiary/aromatic N) is 1. The summed E-state index contributed by atoms with van der Waals surface area (Å²) in [5, 5.41) is 8.79. The smallest absolute Gasteiger partial charge is 0.231 e. The van der Waals surface area contributed by atoms with Crippen molar-refractivity contribution in [2.45, 2.75) is 19.4 Å². The highest BCUT2D eigenvalue weighted by Gasteiger charge is 2.26. The topological polar surface area (TPSA) is 66.6 Å². The van der Waals surface area contributed by atoms with Gasteiger partial charge in [0, 0.05) is 25.4 Å². The number of hydrogen-bond acceptors (Lipinski definition) is 3. The van der Waals surface area contributed by atoms with Gasteiger partial charge in [-0.2, -0.15) is 0 Å². The molecule has 0 bridgehead atoms. The Hall–Kier alpha value is -1.39. The number of nitrogens with two attached hydrogens (primary N) is 1. The highest BCUT2D eigenvalue weighted by atomic mass is 16.3. The number of fused-ring (bicyclic) bond motifs is 1. The highest BCUT2D eigenvalue weighted by Crippen LogP contribution is 2.29. The predicted octanol–water partition coefficient (Wildman–Crippen LogP) is 0.417. The summed E-state index contributed by atoms with van der Waals surface area (Å²) in [5.74, 6) is 0.109. The number of carbonyl (C=O) groups excluding carboxylic acids is 1. The molecule has 0 atom stereocenters. The van der Waals surface area contributed by atoms with E-state index in [2.05, 4.69) is 0 Å². The molecule has 4 heteroatoms. The zero-order chi connectivity index (χ0) is 11.5. The van der Waals surface area contributed by atoms with Gasteiger partial charge in [0.05, 0.1) is 6.42 Å². The van der Waals surface area contributed by atoms with Crippen LogP contribution in [0.25, 0.3) is 0 Å². The van der Waals surface area contributed by atoms with E-state index in [-0.39, 0.29) is 12.5 Å². The lowest BCUT2D eigenvalue weighted by atomic mass is 10.1. The Morgan fingerprint density at radius 3 is 2.94 bits per heavy atom. The molecule has 0 aromatic heterocycles. The molecule has 0 saturated heterocycles. The van der Waals surface area contributed by atoms with Crippen LogP contribution < -0.4 is 10.6 Å². The predicted molar refractivity (Wildman–Crippen MR) is 62.1 cm³/mol. The molecule has 1 aromatic carbocycles. The molecule has 0 unspecified atom stereocenters. The molecule has 16 heavy (non-hydrogen) atoms. The third kappa shape index (κ3) is 1.94. The molecule has 0 radical (unpaired) electrons. The van der Waals surface area contributed by atoms with E-state index >= 15 is 0 Å². The maximum absolute atomic E-state index is 11.7. The van der Waals surface area contributed by atoms with E-state index in [1.165, 1.54) is 0 Å². The van der Waals surface area contributed by atoms with Gasteiger partial charge in [-0.15, -0.1) is 0 Å². The van der Waals surface area contributed by atoms with Gasteiger partial charge in [-0.1, -0.05) is 12.1 Å². The van der Waals surface area contributed by atoms with E-state index in [4.69, 9.17) is 10.8 Å². The van der Waals surface area contributed by atoms with Crippen molar-refractivity contribution in [3.8, 4) is 0 Å². The number of anilines is 1. The summed E-state index contributed by atoms with van der Waals surface area (Å²) in [6, 6.07) is 5.88. The summed E-state index contributed by atoms with van der Waals surface area (Å²) in [4.78, 5) is 13.5. The summed E-state index contributed by atoms with van der Waals surface area (Å²) in [5.41, 5.74) is 8.63. The monoisotopic (exact) mass is 220 g/mol. The lowest BCUT2D eigenvalue weighted by molar-refractivity contribution is -0.117. The number of amides is 1. The second-order valence-electron chi connectivity index (χ2n) is 3.97. The number of aliphatic hydroxyl groups is 1. The SMILES string of the molecule is NCc1ccc2c(c1)CC(=O)N2CCCO. The summed E-state index contributed by atoms with van der Waals surface area (Å²) in [6.07, 6.45) is 1.07. The number of rotatable bonds is 4. The number of carbonyl (C=O) groups is 1. The fraction of sp³-hybridized carbons (Fsp3) is 0.417. The van der Waals surface area contributed by atoms with Crippen LogP contribution in [-0.4, -0.2) is 24.2 Å². The van der Waals surface area contributed by atoms with Crippen molar-refractivity contribution in [1.82, 2.24) is 0 Å². The molecular weight excluding hydrogens is 204 g/mol. The molecule has 1 aromatic rings. The minimum atomic E-state index is 0.109. The lowest BCUT2D eigenvalue weighted by Crippen LogP contribution is -2.28. The normalized spacial score (nSPS) is 14.4. The van der Waals surface area contributed by atoms with Crippen LogP contribution in [-0.2, 0) is 17.8 Å². The molecule has 1 heterocycles. The second-order valence-corrected chi connectivity index (χ2v) is 3.97. The molecule has 2 rings (SSSR count). The largest absolute Gasteiger partial charge is 0.396 e. The van der Waals surface area contributed by atoms with E-state index in [9.17, 15) is 4.79 Å². The van der Waals surface area contributed by atoms with Crippen LogP contribution in [0.15, 0.2) is 18.2 Å². The van der Waals surface area contributed by atoms with E-state index < -0.39 is 0 Å². The minimum Gasteiger partial charge on any atom is -0.396 e. The van der Waals surface area contributed by atoms with Gasteiger partial charge in [0.25, 0.3) is 0 Å². The maximum Gasteiger partial charge on any atom is 0.231 e. The summed E-state index contributed by atoms with van der Waals surface area (Å²) in [6.45, 7) is 1.20. The molecule has 1 aliphatic heterocycles. The average molecular weight is 220 g/mol. The van der Waals surface area contributed by atoms with Crippen molar-refractivity contribution in [1.29, 1.82) is 0 Å². The summed E-state index contributed by atoms with van der Waals surface area (Å²) >= 11 is 0. The first-order chi connectivity index (χ1) is 7.76. The first kappa shape index (κ1) is 11.1. The Morgan fingerprint density at radius 1 is 1.44 bits per heavy atom. The number of hydrogen-bond donors (Lipinski definition) is 2. The highest BCUT2D eigenvalue weighted by molar-refractivity contribution is 6.01. The fourth-order valence-electron chi connectivity index (χ4n) is 2.04. The minimum absolute atomic E-state index is 0.109. The number of benzene rings is 1. The van der Waals surface area contributed by atoms with Gasteiger partial charge in [-0.3, -0.25) is 4.79 Å². The maximum atomic E-state index is 11.7. The van der Waals surface area contributed by atoms with Gasteiger partial charge in [0.2, 0.25) is 5.91 Å². The molecule has 3 N–H and O–H groups in total. The molecule has 0 saturated carbocycles. The van der Waals surface area contributed by atoms with Crippen LogP contribution in [0.2, 0.25) is 0 Å². The molecule has 0 fully saturated rings. The van der Waals surface area contributed by atoms with Crippen LogP contribution in [0, 0.1) is 0 Å². The van der Waals surface area contributed by atoms with Crippen LogP contribution in [0.3, 0.4) is 0 Å². The van der Waals surface area contributed by atoms with Crippen LogP contribution in [0.4, 0.5) is 5.69 Å². The molecule has 0 aliphatic carbocycles. The second kappa shape index (κ2) is 4.63. The van der Waals surface area contributed by atoms with Crippen LogP contribution in [0.5, 0.6) is 0 Å². The Kier molecular flexibility index (Phi) is 3.22. The van der Waals surface area contributed by atoms with Gasteiger partial charge >= 0.3 is 0 Å². The first-order valence-corrected chi connectivity index (χ1v) is 5.49. The molecule has 1 amide bonds. The number of aliphatic hydroxyl groups excluding tert-OH is 1. The van der Waals surface area contributed by atoms with E-state index in [0.29, 0.717) is 25.9 Å². The standard InChI is InChI=1S/C12H16N2O2/c13-8-9-2-3-11-10(6-9)7-12(16)14(11)4-1-5-15/h2-3,6,15H,1,4-5,7-8,13H2. The van der Waals surface area contributed by atoms with E-state index in [1.807, 2.05) is 18.2 Å². The zero-order valence-electron chi connectivity index (χ0n) is 9.15. The first-order valence-electron chi connectivity index (χ1n) is 5.49. The van der Waals surface area contributed by atoms with Gasteiger partial charge in [-0.05, 0) is 23.6 Å². The van der Waals surface area contributed by atoms with Crippen LogP contribution >= 0.6 is 0 Å². The van der Waals surface area contributed by atoms with E-state index in [1.54, 1.807) is 4.90 Å². The molecule has 0 spiro atoms. The average Bonchev–Trinajstić information content (AvgIpc) is 2.61. The molecule has 4 nitrogen and oxygen atoms in total. The Balaban J connectivity index is 2.24. The zero-order valence-corrected chi connectivity index (χ0v) is 9.15. The third-order valence-electron chi connectivity index (χ3n) is 2.85.